The van der Waals surface area contributed by atoms with E-state index in [1.807, 2.05) is 0 Å². The molecule has 2 heteroatoms. The molecule has 0 aliphatic heterocycles. The quantitative estimate of drug-likeness (QED) is 0.638. The summed E-state index contributed by atoms with van der Waals surface area (Å²) >= 11 is 2.37. The van der Waals surface area contributed by atoms with Crippen LogP contribution in [0.1, 0.15) is 0 Å². The maximum Gasteiger partial charge on any atom is 0.0475 e. The molecule has 0 radical (unpaired) electrons. The average Bonchev–Trinajstić information content (AvgIpc) is 2.73. The lowest BCUT2D eigenvalue weighted by Gasteiger charge is -2.00. The Kier molecular flexibility index (Phi) is 2.44. The molecule has 0 bridgehead atoms. The van der Waals surface area contributed by atoms with Crippen LogP contribution in [0.25, 0.3) is 22.2 Å². The van der Waals surface area contributed by atoms with Crippen molar-refractivity contribution in [3.63, 3.8) is 0 Å². The summed E-state index contributed by atoms with van der Waals surface area (Å²) in [5.41, 5.74) is 3.64. The highest BCUT2D eigenvalue weighted by molar-refractivity contribution is 14.1. The largest absolute Gasteiger partial charge is 0.354 e. The van der Waals surface area contributed by atoms with E-state index in [-0.39, 0.29) is 0 Å². The van der Waals surface area contributed by atoms with Crippen molar-refractivity contribution in [2.45, 2.75) is 0 Å². The zero-order valence-electron chi connectivity index (χ0n) is 8.57. The highest BCUT2D eigenvalue weighted by atomic mass is 127. The van der Waals surface area contributed by atoms with E-state index >= 15 is 0 Å². The smallest absolute Gasteiger partial charge is 0.0475 e. The molecule has 0 saturated heterocycles. The SMILES string of the molecule is Ic1ccccc1-c1cc2ccccc2[nH]1. The maximum absolute atomic E-state index is 3.45. The Morgan fingerprint density at radius 1 is 0.875 bits per heavy atom. The van der Waals surface area contributed by atoms with E-state index in [1.54, 1.807) is 0 Å². The lowest BCUT2D eigenvalue weighted by molar-refractivity contribution is 1.44. The Hall–Kier alpha value is -1.29. The maximum atomic E-state index is 3.45. The number of hydrogen-bond acceptors (Lipinski definition) is 0. The molecule has 0 spiro atoms. The van der Waals surface area contributed by atoms with Gasteiger partial charge < -0.3 is 4.98 Å². The summed E-state index contributed by atoms with van der Waals surface area (Å²) in [4.78, 5) is 3.45. The minimum atomic E-state index is 1.19. The Bertz CT molecular complexity index is 607. The summed E-state index contributed by atoms with van der Waals surface area (Å²) < 4.78 is 1.27. The normalized spacial score (nSPS) is 10.8. The van der Waals surface area contributed by atoms with Crippen molar-refractivity contribution in [1.82, 2.24) is 4.98 Å². The summed E-state index contributed by atoms with van der Waals surface area (Å²) in [6.45, 7) is 0. The molecule has 16 heavy (non-hydrogen) atoms. The van der Waals surface area contributed by atoms with Gasteiger partial charge in [-0.2, -0.15) is 0 Å². The Balaban J connectivity index is 2.23. The summed E-state index contributed by atoms with van der Waals surface area (Å²) in [5, 5.41) is 1.26. The number of aromatic amines is 1. The van der Waals surface area contributed by atoms with Gasteiger partial charge in [-0.25, -0.2) is 0 Å². The first kappa shape index (κ1) is 9.90. The Labute approximate surface area is 108 Å². The number of benzene rings is 2. The summed E-state index contributed by atoms with van der Waals surface area (Å²) in [6, 6.07) is 19.0. The predicted octanol–water partition coefficient (Wildman–Crippen LogP) is 4.44. The number of aromatic nitrogens is 1. The van der Waals surface area contributed by atoms with Crippen LogP contribution in [0.5, 0.6) is 0 Å². The molecule has 0 saturated carbocycles. The van der Waals surface area contributed by atoms with Crippen molar-refractivity contribution in [2.75, 3.05) is 0 Å². The van der Waals surface area contributed by atoms with Crippen molar-refractivity contribution in [3.8, 4) is 11.3 Å². The van der Waals surface area contributed by atoms with Crippen molar-refractivity contribution in [3.05, 3.63) is 58.2 Å². The van der Waals surface area contributed by atoms with E-state index in [9.17, 15) is 0 Å². The molecule has 1 heterocycles. The lowest BCUT2D eigenvalue weighted by atomic mass is 10.1. The fourth-order valence-corrected chi connectivity index (χ4v) is 2.58. The monoisotopic (exact) mass is 319 g/mol. The van der Waals surface area contributed by atoms with Gasteiger partial charge in [0.25, 0.3) is 0 Å². The lowest BCUT2D eigenvalue weighted by Crippen LogP contribution is -1.80. The van der Waals surface area contributed by atoms with Gasteiger partial charge in [-0.15, -0.1) is 0 Å². The van der Waals surface area contributed by atoms with Crippen LogP contribution in [0.3, 0.4) is 0 Å². The van der Waals surface area contributed by atoms with Crippen molar-refractivity contribution in [1.29, 1.82) is 0 Å². The summed E-state index contributed by atoms with van der Waals surface area (Å²) in [7, 11) is 0. The van der Waals surface area contributed by atoms with E-state index in [0.29, 0.717) is 0 Å². The van der Waals surface area contributed by atoms with Gasteiger partial charge in [-0.3, -0.25) is 0 Å². The molecule has 0 amide bonds. The van der Waals surface area contributed by atoms with E-state index in [2.05, 4.69) is 82.2 Å². The first-order valence-corrected chi connectivity index (χ1v) is 6.25. The first-order chi connectivity index (χ1) is 7.84. The summed E-state index contributed by atoms with van der Waals surface area (Å²) in [6.07, 6.45) is 0. The summed E-state index contributed by atoms with van der Waals surface area (Å²) in [5.74, 6) is 0. The highest BCUT2D eigenvalue weighted by Gasteiger charge is 2.05. The van der Waals surface area contributed by atoms with Gasteiger partial charge in [0.1, 0.15) is 0 Å². The third-order valence-electron chi connectivity index (χ3n) is 2.69. The van der Waals surface area contributed by atoms with Crippen LogP contribution in [-0.4, -0.2) is 4.98 Å². The molecule has 0 atom stereocenters. The molecular formula is C14H10IN. The van der Waals surface area contributed by atoms with Gasteiger partial charge in [0.05, 0.1) is 0 Å². The van der Waals surface area contributed by atoms with Gasteiger partial charge in [0.2, 0.25) is 0 Å². The molecule has 0 aliphatic carbocycles. The Morgan fingerprint density at radius 3 is 2.44 bits per heavy atom. The van der Waals surface area contributed by atoms with E-state index in [0.717, 1.165) is 0 Å². The minimum absolute atomic E-state index is 1.19. The molecule has 1 N–H and O–H groups in total. The van der Waals surface area contributed by atoms with Crippen LogP contribution >= 0.6 is 22.6 Å². The number of para-hydroxylation sites is 1. The van der Waals surface area contributed by atoms with Gasteiger partial charge in [0, 0.05) is 25.7 Å². The third kappa shape index (κ3) is 1.63. The third-order valence-corrected chi connectivity index (χ3v) is 3.63. The first-order valence-electron chi connectivity index (χ1n) is 5.17. The molecule has 2 aromatic carbocycles. The molecule has 0 unspecified atom stereocenters. The second-order valence-electron chi connectivity index (χ2n) is 3.75. The van der Waals surface area contributed by atoms with Gasteiger partial charge in [-0.1, -0.05) is 36.4 Å². The predicted molar refractivity (Wildman–Crippen MR) is 76.5 cm³/mol. The number of nitrogens with one attached hydrogen (secondary N) is 1. The molecule has 3 rings (SSSR count). The van der Waals surface area contributed by atoms with E-state index < -0.39 is 0 Å². The van der Waals surface area contributed by atoms with Crippen LogP contribution in [0.2, 0.25) is 0 Å². The van der Waals surface area contributed by atoms with Crippen molar-refractivity contribution < 1.29 is 0 Å². The number of hydrogen-bond donors (Lipinski definition) is 1. The average molecular weight is 319 g/mol. The standard InChI is InChI=1S/C14H10IN/c15-12-7-3-2-6-11(12)14-9-10-5-1-4-8-13(10)16-14/h1-9,16H. The molecule has 1 aromatic heterocycles. The second kappa shape index (κ2) is 3.94. The minimum Gasteiger partial charge on any atom is -0.354 e. The van der Waals surface area contributed by atoms with E-state index in [1.165, 1.54) is 25.7 Å². The molecule has 0 fully saturated rings. The zero-order chi connectivity index (χ0) is 11.0. The topological polar surface area (TPSA) is 15.8 Å². The number of fused-ring (bicyclic) bond motifs is 1. The van der Waals surface area contributed by atoms with Crippen LogP contribution in [0.4, 0.5) is 0 Å². The molecule has 0 aliphatic rings. The number of H-pyrrole nitrogens is 1. The van der Waals surface area contributed by atoms with Crippen molar-refractivity contribution >= 4 is 33.5 Å². The van der Waals surface area contributed by atoms with Crippen LogP contribution < -0.4 is 0 Å². The van der Waals surface area contributed by atoms with Crippen molar-refractivity contribution in [2.24, 2.45) is 0 Å². The number of rotatable bonds is 1. The Morgan fingerprint density at radius 2 is 1.62 bits per heavy atom. The van der Waals surface area contributed by atoms with Gasteiger partial charge in [0.15, 0.2) is 0 Å². The fraction of sp³-hybridized carbons (Fsp3) is 0. The van der Waals surface area contributed by atoms with E-state index in [4.69, 9.17) is 0 Å². The highest BCUT2D eigenvalue weighted by Crippen LogP contribution is 2.27. The molecule has 78 valence electrons. The van der Waals surface area contributed by atoms with Gasteiger partial charge in [-0.05, 0) is 40.8 Å². The zero-order valence-corrected chi connectivity index (χ0v) is 10.7. The van der Waals surface area contributed by atoms with Crippen LogP contribution in [0, 0.1) is 3.57 Å². The fourth-order valence-electron chi connectivity index (χ4n) is 1.90. The second-order valence-corrected chi connectivity index (χ2v) is 4.91. The number of halogens is 1. The molecule has 3 aromatic rings. The van der Waals surface area contributed by atoms with Crippen LogP contribution in [-0.2, 0) is 0 Å². The van der Waals surface area contributed by atoms with Gasteiger partial charge >= 0.3 is 0 Å². The van der Waals surface area contributed by atoms with Crippen LogP contribution in [0.15, 0.2) is 54.6 Å². The molecular weight excluding hydrogens is 309 g/mol. The molecule has 1 nitrogen and oxygen atoms in total.